The van der Waals surface area contributed by atoms with E-state index < -0.39 is 29.1 Å². The first-order chi connectivity index (χ1) is 12.2. The van der Waals surface area contributed by atoms with Crippen LogP contribution in [0.4, 0.5) is 4.79 Å². The number of amides is 1. The largest absolute Gasteiger partial charge is 0.465 e. The summed E-state index contributed by atoms with van der Waals surface area (Å²) in [4.78, 5) is 38.1. The lowest BCUT2D eigenvalue weighted by atomic mass is 9.74. The highest BCUT2D eigenvalue weighted by Gasteiger charge is 2.56. The van der Waals surface area contributed by atoms with Gasteiger partial charge in [0.25, 0.3) is 0 Å². The van der Waals surface area contributed by atoms with Crippen molar-refractivity contribution in [3.8, 4) is 0 Å². The minimum Gasteiger partial charge on any atom is -0.465 e. The highest BCUT2D eigenvalue weighted by atomic mass is 16.6. The maximum absolute atomic E-state index is 12.8. The van der Waals surface area contributed by atoms with Crippen molar-refractivity contribution < 1.29 is 23.9 Å². The molecule has 1 aliphatic carbocycles. The molecule has 6 nitrogen and oxygen atoms in total. The summed E-state index contributed by atoms with van der Waals surface area (Å²) in [5.41, 5.74) is -1.45. The van der Waals surface area contributed by atoms with Crippen molar-refractivity contribution in [2.45, 2.75) is 58.6 Å². The maximum Gasteiger partial charge on any atom is 0.408 e. The normalized spacial score (nSPS) is 21.2. The Morgan fingerprint density at radius 2 is 1.88 bits per heavy atom. The summed E-state index contributed by atoms with van der Waals surface area (Å²) in [6.07, 6.45) is 0.532. The lowest BCUT2D eigenvalue weighted by molar-refractivity contribution is -0.161. The van der Waals surface area contributed by atoms with Gasteiger partial charge >= 0.3 is 12.1 Å². The predicted octanol–water partition coefficient (Wildman–Crippen LogP) is 3.55. The molecule has 2 atom stereocenters. The quantitative estimate of drug-likeness (QED) is 0.641. The zero-order valence-electron chi connectivity index (χ0n) is 15.8. The van der Waals surface area contributed by atoms with Crippen molar-refractivity contribution in [1.29, 1.82) is 0 Å². The summed E-state index contributed by atoms with van der Waals surface area (Å²) in [7, 11) is 0. The van der Waals surface area contributed by atoms with Gasteiger partial charge < -0.3 is 14.8 Å². The number of carbonyl (C=O) groups is 3. The lowest BCUT2D eigenvalue weighted by Gasteiger charge is -2.35. The second-order valence-electron chi connectivity index (χ2n) is 7.46. The zero-order valence-corrected chi connectivity index (χ0v) is 15.8. The molecule has 1 saturated carbocycles. The number of alkyl carbamates (subject to hydrolysis) is 1. The fourth-order valence-corrected chi connectivity index (χ4v) is 3.35. The number of benzene rings is 1. The van der Waals surface area contributed by atoms with Gasteiger partial charge in [-0.25, -0.2) is 4.79 Å². The second kappa shape index (κ2) is 7.89. The van der Waals surface area contributed by atoms with E-state index in [4.69, 9.17) is 9.47 Å². The monoisotopic (exact) mass is 361 g/mol. The predicted molar refractivity (Wildman–Crippen MR) is 96.5 cm³/mol. The molecule has 1 amide bonds. The number of ketones is 1. The van der Waals surface area contributed by atoms with Crippen LogP contribution in [-0.4, -0.2) is 30.1 Å². The molecule has 2 rings (SSSR count). The van der Waals surface area contributed by atoms with Gasteiger partial charge in [-0.1, -0.05) is 30.3 Å². The number of hydrogen-bond donors (Lipinski definition) is 1. The van der Waals surface area contributed by atoms with E-state index in [9.17, 15) is 14.4 Å². The molecule has 0 heterocycles. The van der Waals surface area contributed by atoms with Crippen molar-refractivity contribution in [3.63, 3.8) is 0 Å². The SMILES string of the molecule is CCOC(=O)C1(C(NC(=O)OC(C)(C)C)c2ccccc2)CCCC1=O. The van der Waals surface area contributed by atoms with Gasteiger partial charge in [-0.2, -0.15) is 0 Å². The average molecular weight is 361 g/mol. The van der Waals surface area contributed by atoms with Gasteiger partial charge in [0, 0.05) is 6.42 Å². The van der Waals surface area contributed by atoms with Crippen LogP contribution in [0.25, 0.3) is 0 Å². The number of hydrogen-bond acceptors (Lipinski definition) is 5. The molecule has 26 heavy (non-hydrogen) atoms. The Balaban J connectivity index is 2.45. The van der Waals surface area contributed by atoms with Crippen LogP contribution in [0.15, 0.2) is 30.3 Å². The number of nitrogens with one attached hydrogen (secondary N) is 1. The number of Topliss-reactive ketones (excluding diaryl/α,β-unsaturated/α-hetero) is 1. The van der Waals surface area contributed by atoms with Gasteiger partial charge in [0.05, 0.1) is 12.6 Å². The smallest absolute Gasteiger partial charge is 0.408 e. The lowest BCUT2D eigenvalue weighted by Crippen LogP contribution is -2.50. The van der Waals surface area contributed by atoms with Crippen molar-refractivity contribution in [3.05, 3.63) is 35.9 Å². The molecule has 142 valence electrons. The minimum atomic E-state index is -1.42. The summed E-state index contributed by atoms with van der Waals surface area (Å²) < 4.78 is 10.6. The Bertz CT molecular complexity index is 665. The van der Waals surface area contributed by atoms with Crippen molar-refractivity contribution >= 4 is 17.8 Å². The average Bonchev–Trinajstić information content (AvgIpc) is 2.94. The van der Waals surface area contributed by atoms with E-state index in [1.165, 1.54) is 0 Å². The van der Waals surface area contributed by atoms with Gasteiger partial charge in [0.1, 0.15) is 5.60 Å². The van der Waals surface area contributed by atoms with Crippen LogP contribution in [0.1, 0.15) is 58.6 Å². The van der Waals surface area contributed by atoms with Crippen LogP contribution >= 0.6 is 0 Å². The zero-order chi connectivity index (χ0) is 19.4. The first-order valence-electron chi connectivity index (χ1n) is 8.95. The standard InChI is InChI=1S/C20H27NO5/c1-5-25-17(23)20(13-9-12-15(20)22)16(14-10-7-6-8-11-14)21-18(24)26-19(2,3)4/h6-8,10-11,16H,5,9,12-13H2,1-4H3,(H,21,24). The molecule has 6 heteroatoms. The van der Waals surface area contributed by atoms with Crippen molar-refractivity contribution in [2.24, 2.45) is 5.41 Å². The van der Waals surface area contributed by atoms with Crippen LogP contribution in [0.2, 0.25) is 0 Å². The van der Waals surface area contributed by atoms with Gasteiger partial charge in [-0.15, -0.1) is 0 Å². The Kier molecular flexibility index (Phi) is 6.05. The van der Waals surface area contributed by atoms with Crippen LogP contribution in [0.3, 0.4) is 0 Å². The van der Waals surface area contributed by atoms with Crippen LogP contribution < -0.4 is 5.32 Å². The third-order valence-corrected chi connectivity index (χ3v) is 4.40. The van der Waals surface area contributed by atoms with E-state index in [0.29, 0.717) is 18.4 Å². The van der Waals surface area contributed by atoms with Gasteiger partial charge in [-0.05, 0) is 46.1 Å². The molecule has 0 aromatic heterocycles. The highest BCUT2D eigenvalue weighted by molar-refractivity contribution is 6.06. The topological polar surface area (TPSA) is 81.7 Å². The van der Waals surface area contributed by atoms with Crippen molar-refractivity contribution in [2.75, 3.05) is 6.61 Å². The molecule has 0 saturated heterocycles. The Hall–Kier alpha value is -2.37. The molecule has 0 spiro atoms. The van der Waals surface area contributed by atoms with Gasteiger partial charge in [-0.3, -0.25) is 9.59 Å². The second-order valence-corrected chi connectivity index (χ2v) is 7.46. The molecule has 1 fully saturated rings. The van der Waals surface area contributed by atoms with E-state index >= 15 is 0 Å². The fraction of sp³-hybridized carbons (Fsp3) is 0.550. The number of esters is 1. The molecule has 0 bridgehead atoms. The molecule has 2 unspecified atom stereocenters. The third-order valence-electron chi connectivity index (χ3n) is 4.40. The number of carbonyl (C=O) groups excluding carboxylic acids is 3. The summed E-state index contributed by atoms with van der Waals surface area (Å²) in [6, 6.07) is 8.17. The summed E-state index contributed by atoms with van der Waals surface area (Å²) >= 11 is 0. The molecular formula is C20H27NO5. The number of ether oxygens (including phenoxy) is 2. The molecule has 1 aliphatic rings. The molecule has 1 aromatic carbocycles. The Morgan fingerprint density at radius 1 is 1.23 bits per heavy atom. The Morgan fingerprint density at radius 3 is 2.38 bits per heavy atom. The van der Waals surface area contributed by atoms with Gasteiger partial charge in [0.15, 0.2) is 11.2 Å². The first kappa shape index (κ1) is 19.9. The molecule has 1 aromatic rings. The van der Waals surface area contributed by atoms with E-state index in [1.807, 2.05) is 6.07 Å². The Labute approximate surface area is 154 Å². The highest BCUT2D eigenvalue weighted by Crippen LogP contribution is 2.46. The summed E-state index contributed by atoms with van der Waals surface area (Å²) in [5, 5.41) is 2.76. The maximum atomic E-state index is 12.8. The fourth-order valence-electron chi connectivity index (χ4n) is 3.35. The van der Waals surface area contributed by atoms with Gasteiger partial charge in [0.2, 0.25) is 0 Å². The first-order valence-corrected chi connectivity index (χ1v) is 8.95. The molecular weight excluding hydrogens is 334 g/mol. The van der Waals surface area contributed by atoms with E-state index in [-0.39, 0.29) is 18.8 Å². The van der Waals surface area contributed by atoms with Crippen LogP contribution in [-0.2, 0) is 19.1 Å². The van der Waals surface area contributed by atoms with E-state index in [1.54, 1.807) is 52.0 Å². The molecule has 1 N–H and O–H groups in total. The minimum absolute atomic E-state index is 0.168. The number of rotatable bonds is 5. The van der Waals surface area contributed by atoms with Crippen LogP contribution in [0, 0.1) is 5.41 Å². The van der Waals surface area contributed by atoms with E-state index in [2.05, 4.69) is 5.32 Å². The summed E-state index contributed by atoms with van der Waals surface area (Å²) in [5.74, 6) is -0.798. The third kappa shape index (κ3) is 4.23. The summed E-state index contributed by atoms with van der Waals surface area (Å²) in [6.45, 7) is 7.13. The van der Waals surface area contributed by atoms with Crippen LogP contribution in [0.5, 0.6) is 0 Å². The molecule has 0 aliphatic heterocycles. The van der Waals surface area contributed by atoms with Crippen molar-refractivity contribution in [1.82, 2.24) is 5.32 Å². The molecule has 0 radical (unpaired) electrons. The van der Waals surface area contributed by atoms with E-state index in [0.717, 1.165) is 0 Å².